The maximum Gasteiger partial charge on any atom is 0.253 e. The first-order valence-corrected chi connectivity index (χ1v) is 11.2. The topological polar surface area (TPSA) is 98.6 Å². The number of benzene rings is 2. The second-order valence-corrected chi connectivity index (χ2v) is 9.21. The van der Waals surface area contributed by atoms with Gasteiger partial charge in [0.05, 0.1) is 17.4 Å². The summed E-state index contributed by atoms with van der Waals surface area (Å²) in [5, 5.41) is 8.82. The lowest BCUT2D eigenvalue weighted by molar-refractivity contribution is -0.128. The number of carbonyl (C=O) groups is 2. The summed E-state index contributed by atoms with van der Waals surface area (Å²) in [6, 6.07) is 15.1. The van der Waals surface area contributed by atoms with Gasteiger partial charge in [-0.2, -0.15) is 5.26 Å². The number of nitriles is 1. The summed E-state index contributed by atoms with van der Waals surface area (Å²) in [5.74, 6) is -1.43. The fourth-order valence-corrected chi connectivity index (χ4v) is 4.23. The highest BCUT2D eigenvalue weighted by atomic mass is 32.2. The molecule has 158 valence electrons. The number of nitrogens with zero attached hydrogens (tertiary/aromatic N) is 3. The highest BCUT2D eigenvalue weighted by molar-refractivity contribution is 7.91. The summed E-state index contributed by atoms with van der Waals surface area (Å²) in [6.07, 6.45) is 0. The zero-order chi connectivity index (χ0) is 22.3. The fraction of sp³-hybridized carbons (Fsp3) is 0.318. The van der Waals surface area contributed by atoms with Crippen molar-refractivity contribution in [3.05, 3.63) is 70.8 Å². The van der Waals surface area contributed by atoms with Crippen LogP contribution in [0.3, 0.4) is 0 Å². The lowest BCUT2D eigenvalue weighted by atomic mass is 10.1. The summed E-state index contributed by atoms with van der Waals surface area (Å²) in [5.41, 5.74) is 2.33. The molecule has 0 unspecified atom stereocenters. The minimum absolute atomic E-state index is 0.112. The summed E-state index contributed by atoms with van der Waals surface area (Å²) in [7, 11) is -0.307. The molecule has 0 fully saturated rings. The molecule has 8 heteroatoms. The first-order chi connectivity index (χ1) is 14.1. The number of hydrogen-bond acceptors (Lipinski definition) is 5. The van der Waals surface area contributed by atoms with E-state index in [9.17, 15) is 18.0 Å². The van der Waals surface area contributed by atoms with Crippen molar-refractivity contribution in [3.63, 3.8) is 0 Å². The molecular weight excluding hydrogens is 402 g/mol. The van der Waals surface area contributed by atoms with Gasteiger partial charge in [0, 0.05) is 32.7 Å². The van der Waals surface area contributed by atoms with E-state index in [1.54, 1.807) is 69.6 Å². The van der Waals surface area contributed by atoms with Gasteiger partial charge >= 0.3 is 0 Å². The largest absolute Gasteiger partial charge is 0.345 e. The maximum absolute atomic E-state index is 12.6. The zero-order valence-corrected chi connectivity index (χ0v) is 18.1. The van der Waals surface area contributed by atoms with Gasteiger partial charge in [-0.25, -0.2) is 8.42 Å². The summed E-state index contributed by atoms with van der Waals surface area (Å²) in [6.45, 7) is 2.41. The first kappa shape index (κ1) is 23.1. The minimum atomic E-state index is -3.65. The molecule has 0 saturated carbocycles. The number of sulfone groups is 1. The second kappa shape index (κ2) is 10.0. The molecule has 0 aliphatic carbocycles. The van der Waals surface area contributed by atoms with E-state index in [4.69, 9.17) is 5.26 Å². The van der Waals surface area contributed by atoms with Crippen LogP contribution in [0, 0.1) is 11.3 Å². The monoisotopic (exact) mass is 427 g/mol. The van der Waals surface area contributed by atoms with E-state index in [1.807, 2.05) is 6.07 Å². The van der Waals surface area contributed by atoms with Gasteiger partial charge < -0.3 is 9.80 Å². The molecule has 0 bridgehead atoms. The lowest BCUT2D eigenvalue weighted by Gasteiger charge is -2.21. The molecule has 0 aliphatic heterocycles. The Morgan fingerprint density at radius 1 is 0.967 bits per heavy atom. The molecule has 30 heavy (non-hydrogen) atoms. The lowest BCUT2D eigenvalue weighted by Crippen LogP contribution is -2.35. The van der Waals surface area contributed by atoms with Gasteiger partial charge in [0.25, 0.3) is 5.91 Å². The Balaban J connectivity index is 2.02. The molecule has 2 amide bonds. The predicted molar refractivity (Wildman–Crippen MR) is 114 cm³/mol. The third kappa shape index (κ3) is 6.42. The molecule has 2 aromatic carbocycles. The van der Waals surface area contributed by atoms with Crippen LogP contribution in [0.1, 0.15) is 34.0 Å². The molecule has 0 aromatic heterocycles. The predicted octanol–water partition coefficient (Wildman–Crippen LogP) is 2.22. The van der Waals surface area contributed by atoms with Crippen LogP contribution in [-0.4, -0.2) is 56.4 Å². The molecule has 2 aromatic rings. The van der Waals surface area contributed by atoms with Crippen molar-refractivity contribution in [3.8, 4) is 6.07 Å². The van der Waals surface area contributed by atoms with Crippen LogP contribution in [0.25, 0.3) is 0 Å². The fourth-order valence-electron chi connectivity index (χ4n) is 2.87. The quantitative estimate of drug-likeness (QED) is 0.643. The number of hydrogen-bond donors (Lipinski definition) is 0. The van der Waals surface area contributed by atoms with Crippen LogP contribution in [0.15, 0.2) is 48.5 Å². The average Bonchev–Trinajstić information content (AvgIpc) is 2.71. The third-order valence-corrected chi connectivity index (χ3v) is 5.99. The van der Waals surface area contributed by atoms with Crippen molar-refractivity contribution in [2.45, 2.75) is 19.2 Å². The van der Waals surface area contributed by atoms with Gasteiger partial charge in [0.1, 0.15) is 5.75 Å². The van der Waals surface area contributed by atoms with Gasteiger partial charge in [0.15, 0.2) is 9.84 Å². The van der Waals surface area contributed by atoms with E-state index in [1.165, 1.54) is 9.80 Å². The average molecular weight is 428 g/mol. The SMILES string of the molecule is CCN(Cc1ccc(C(=O)N(C)C)cc1)C(=O)CS(=O)(=O)Cc1ccc(C#N)cc1. The minimum Gasteiger partial charge on any atom is -0.345 e. The van der Waals surface area contributed by atoms with E-state index < -0.39 is 21.5 Å². The van der Waals surface area contributed by atoms with Crippen molar-refractivity contribution in [2.24, 2.45) is 0 Å². The van der Waals surface area contributed by atoms with E-state index in [-0.39, 0.29) is 18.2 Å². The summed E-state index contributed by atoms with van der Waals surface area (Å²) >= 11 is 0. The standard InChI is InChI=1S/C22H25N3O4S/c1-4-25(14-18-9-11-20(12-10-18)22(27)24(2)3)21(26)16-30(28,29)15-19-7-5-17(13-23)6-8-19/h5-12H,4,14-16H2,1-3H3. The molecule has 0 atom stereocenters. The van der Waals surface area contributed by atoms with E-state index in [2.05, 4.69) is 0 Å². The van der Waals surface area contributed by atoms with Crippen LogP contribution in [-0.2, 0) is 26.9 Å². The highest BCUT2D eigenvalue weighted by Crippen LogP contribution is 2.12. The number of rotatable bonds is 8. The van der Waals surface area contributed by atoms with Crippen molar-refractivity contribution >= 4 is 21.7 Å². The van der Waals surface area contributed by atoms with Gasteiger partial charge in [-0.05, 0) is 42.3 Å². The van der Waals surface area contributed by atoms with Crippen LogP contribution in [0.2, 0.25) is 0 Å². The van der Waals surface area contributed by atoms with Crippen LogP contribution in [0.4, 0.5) is 0 Å². The molecule has 0 spiro atoms. The molecular formula is C22H25N3O4S. The van der Waals surface area contributed by atoms with E-state index in [0.29, 0.717) is 23.2 Å². The van der Waals surface area contributed by atoms with Crippen molar-refractivity contribution in [1.82, 2.24) is 9.80 Å². The molecule has 0 aliphatic rings. The molecule has 0 radical (unpaired) electrons. The Morgan fingerprint density at radius 2 is 1.53 bits per heavy atom. The van der Waals surface area contributed by atoms with Crippen molar-refractivity contribution in [1.29, 1.82) is 5.26 Å². The number of carbonyl (C=O) groups excluding carboxylic acids is 2. The summed E-state index contributed by atoms with van der Waals surface area (Å²) < 4.78 is 24.9. The smallest absolute Gasteiger partial charge is 0.253 e. The first-order valence-electron chi connectivity index (χ1n) is 9.43. The van der Waals surface area contributed by atoms with Gasteiger partial charge in [-0.1, -0.05) is 24.3 Å². The second-order valence-electron chi connectivity index (χ2n) is 7.15. The van der Waals surface area contributed by atoms with Crippen molar-refractivity contribution in [2.75, 3.05) is 26.4 Å². The van der Waals surface area contributed by atoms with E-state index >= 15 is 0 Å². The maximum atomic E-state index is 12.6. The zero-order valence-electron chi connectivity index (χ0n) is 17.3. The van der Waals surface area contributed by atoms with Gasteiger partial charge in [-0.3, -0.25) is 9.59 Å². The Bertz CT molecular complexity index is 1040. The molecule has 0 saturated heterocycles. The van der Waals surface area contributed by atoms with Crippen molar-refractivity contribution < 1.29 is 18.0 Å². The normalized spacial score (nSPS) is 10.9. The van der Waals surface area contributed by atoms with Gasteiger partial charge in [0.2, 0.25) is 5.91 Å². The van der Waals surface area contributed by atoms with Gasteiger partial charge in [-0.15, -0.1) is 0 Å². The Hall–Kier alpha value is -3.18. The summed E-state index contributed by atoms with van der Waals surface area (Å²) in [4.78, 5) is 27.5. The van der Waals surface area contributed by atoms with Crippen LogP contribution in [0.5, 0.6) is 0 Å². The molecule has 2 rings (SSSR count). The van der Waals surface area contributed by atoms with E-state index in [0.717, 1.165) is 5.56 Å². The Kier molecular flexibility index (Phi) is 7.72. The van der Waals surface area contributed by atoms with Crippen LogP contribution >= 0.6 is 0 Å². The Labute approximate surface area is 177 Å². The highest BCUT2D eigenvalue weighted by Gasteiger charge is 2.22. The van der Waals surface area contributed by atoms with Crippen LogP contribution < -0.4 is 0 Å². The molecule has 7 nitrogen and oxygen atoms in total. The third-order valence-electron chi connectivity index (χ3n) is 4.53. The molecule has 0 N–H and O–H groups in total. The Morgan fingerprint density at radius 3 is 2.03 bits per heavy atom. The molecule has 0 heterocycles. The number of amides is 2.